The maximum absolute atomic E-state index is 12.0. The van der Waals surface area contributed by atoms with Gasteiger partial charge in [-0.3, -0.25) is 5.32 Å². The molecular weight excluding hydrogens is 296 g/mol. The second kappa shape index (κ2) is 6.42. The normalized spacial score (nSPS) is 15.8. The fourth-order valence-corrected chi connectivity index (χ4v) is 2.57. The minimum absolute atomic E-state index is 0.492. The molecule has 1 saturated carbocycles. The van der Waals surface area contributed by atoms with Crippen LogP contribution >= 0.6 is 0 Å². The van der Waals surface area contributed by atoms with Crippen molar-refractivity contribution in [1.29, 1.82) is 0 Å². The summed E-state index contributed by atoms with van der Waals surface area (Å²) in [6, 6.07) is 5.39. The largest absolute Gasteiger partial charge is 0.495 e. The van der Waals surface area contributed by atoms with Crippen LogP contribution in [0.5, 0.6) is 5.75 Å². The van der Waals surface area contributed by atoms with Gasteiger partial charge in [0.2, 0.25) is 6.08 Å². The number of rotatable bonds is 4. The summed E-state index contributed by atoms with van der Waals surface area (Å²) in [4.78, 5) is 26.7. The second-order valence-electron chi connectivity index (χ2n) is 6.63. The van der Waals surface area contributed by atoms with Gasteiger partial charge < -0.3 is 9.47 Å². The van der Waals surface area contributed by atoms with E-state index in [0.29, 0.717) is 11.4 Å². The molecule has 1 fully saturated rings. The molecule has 1 amide bonds. The van der Waals surface area contributed by atoms with E-state index in [4.69, 9.17) is 9.47 Å². The van der Waals surface area contributed by atoms with E-state index in [1.165, 1.54) is 7.11 Å². The lowest BCUT2D eigenvalue weighted by molar-refractivity contribution is 0.0635. The van der Waals surface area contributed by atoms with Crippen molar-refractivity contribution in [2.75, 3.05) is 12.4 Å². The zero-order valence-corrected chi connectivity index (χ0v) is 13.9. The van der Waals surface area contributed by atoms with Crippen molar-refractivity contribution in [3.05, 3.63) is 23.8 Å². The summed E-state index contributed by atoms with van der Waals surface area (Å²) < 4.78 is 10.5. The predicted molar refractivity (Wildman–Crippen MR) is 86.5 cm³/mol. The molecule has 1 aliphatic rings. The molecule has 0 radical (unpaired) electrons. The van der Waals surface area contributed by atoms with Gasteiger partial charge in [0.25, 0.3) is 0 Å². The zero-order chi connectivity index (χ0) is 17.1. The predicted octanol–water partition coefficient (Wildman–Crippen LogP) is 3.76. The Balaban J connectivity index is 2.29. The molecule has 1 aromatic rings. The number of hydrogen-bond donors (Lipinski definition) is 1. The van der Waals surface area contributed by atoms with Gasteiger partial charge in [-0.05, 0) is 57.7 Å². The van der Waals surface area contributed by atoms with Crippen molar-refractivity contribution in [1.82, 2.24) is 0 Å². The first-order valence-electron chi connectivity index (χ1n) is 7.57. The number of nitrogens with one attached hydrogen (secondary N) is 1. The lowest BCUT2D eigenvalue weighted by Crippen LogP contribution is -2.32. The first-order valence-corrected chi connectivity index (χ1v) is 7.57. The number of ether oxygens (including phenoxy) is 2. The van der Waals surface area contributed by atoms with Gasteiger partial charge in [0.15, 0.2) is 0 Å². The summed E-state index contributed by atoms with van der Waals surface area (Å²) in [7, 11) is 1.53. The number of carbonyl (C=O) groups excluding carboxylic acids is 2. The van der Waals surface area contributed by atoms with E-state index in [2.05, 4.69) is 10.3 Å². The Bertz CT molecular complexity index is 638. The first-order chi connectivity index (χ1) is 10.8. The zero-order valence-electron chi connectivity index (χ0n) is 13.9. The Labute approximate surface area is 135 Å². The SMILES string of the molecule is COc1ccc(C2(N=C=O)CCC2)cc1NC(=O)OC(C)(C)C. The van der Waals surface area contributed by atoms with Crippen LogP contribution in [0.3, 0.4) is 0 Å². The topological polar surface area (TPSA) is 77.0 Å². The van der Waals surface area contributed by atoms with Gasteiger partial charge in [-0.25, -0.2) is 9.59 Å². The van der Waals surface area contributed by atoms with Crippen LogP contribution in [-0.2, 0) is 15.1 Å². The quantitative estimate of drug-likeness (QED) is 0.677. The van der Waals surface area contributed by atoms with Crippen LogP contribution in [-0.4, -0.2) is 24.9 Å². The summed E-state index contributed by atoms with van der Waals surface area (Å²) in [5.41, 5.74) is 0.232. The highest BCUT2D eigenvalue weighted by Gasteiger charge is 2.39. The van der Waals surface area contributed by atoms with Crippen LogP contribution in [0.1, 0.15) is 45.6 Å². The van der Waals surface area contributed by atoms with Gasteiger partial charge >= 0.3 is 6.09 Å². The highest BCUT2D eigenvalue weighted by atomic mass is 16.6. The van der Waals surface area contributed by atoms with E-state index in [0.717, 1.165) is 24.8 Å². The number of benzene rings is 1. The number of carbonyl (C=O) groups is 1. The summed E-state index contributed by atoms with van der Waals surface area (Å²) in [5.74, 6) is 0.518. The van der Waals surface area contributed by atoms with Gasteiger partial charge in [0.05, 0.1) is 18.3 Å². The summed E-state index contributed by atoms with van der Waals surface area (Å²) >= 11 is 0. The van der Waals surface area contributed by atoms with E-state index >= 15 is 0 Å². The number of isocyanates is 1. The number of hydrogen-bond acceptors (Lipinski definition) is 5. The van der Waals surface area contributed by atoms with Crippen molar-refractivity contribution >= 4 is 17.9 Å². The molecule has 0 spiro atoms. The van der Waals surface area contributed by atoms with E-state index in [-0.39, 0.29) is 0 Å². The molecule has 2 rings (SSSR count). The fraction of sp³-hybridized carbons (Fsp3) is 0.529. The van der Waals surface area contributed by atoms with Crippen LogP contribution < -0.4 is 10.1 Å². The van der Waals surface area contributed by atoms with Gasteiger partial charge in [-0.15, -0.1) is 0 Å². The molecule has 1 N–H and O–H groups in total. The molecule has 0 bridgehead atoms. The first kappa shape index (κ1) is 17.0. The second-order valence-corrected chi connectivity index (χ2v) is 6.63. The third-order valence-corrected chi connectivity index (χ3v) is 3.81. The standard InChI is InChI=1S/C17H22N2O4/c1-16(2,3)23-15(21)19-13-10-12(6-7-14(13)22-4)17(18-11-20)8-5-9-17/h6-7,10H,5,8-9H2,1-4H3,(H,19,21). The van der Waals surface area contributed by atoms with Gasteiger partial charge in [-0.1, -0.05) is 6.07 Å². The average molecular weight is 318 g/mol. The van der Waals surface area contributed by atoms with Crippen molar-refractivity contribution in [2.45, 2.75) is 51.2 Å². The summed E-state index contributed by atoms with van der Waals surface area (Å²) in [6.07, 6.45) is 3.69. The number of aliphatic imine (C=N–C) groups is 1. The molecule has 0 aliphatic heterocycles. The smallest absolute Gasteiger partial charge is 0.412 e. The van der Waals surface area contributed by atoms with Crippen LogP contribution in [0.2, 0.25) is 0 Å². The maximum atomic E-state index is 12.0. The Morgan fingerprint density at radius 2 is 2.04 bits per heavy atom. The Hall–Kier alpha value is -2.33. The monoisotopic (exact) mass is 318 g/mol. The van der Waals surface area contributed by atoms with E-state index < -0.39 is 17.2 Å². The Morgan fingerprint density at radius 3 is 2.52 bits per heavy atom. The summed E-state index contributed by atoms with van der Waals surface area (Å²) in [5, 5.41) is 2.69. The minimum Gasteiger partial charge on any atom is -0.495 e. The Morgan fingerprint density at radius 1 is 1.35 bits per heavy atom. The lowest BCUT2D eigenvalue weighted by Gasteiger charge is -2.37. The molecule has 6 heteroatoms. The highest BCUT2D eigenvalue weighted by molar-refractivity contribution is 5.87. The molecule has 0 heterocycles. The van der Waals surface area contributed by atoms with Crippen molar-refractivity contribution in [3.63, 3.8) is 0 Å². The van der Waals surface area contributed by atoms with Crippen LogP contribution in [0, 0.1) is 0 Å². The third kappa shape index (κ3) is 3.90. The number of amides is 1. The average Bonchev–Trinajstić information content (AvgIpc) is 2.40. The molecule has 1 aromatic carbocycles. The van der Waals surface area contributed by atoms with Crippen LogP contribution in [0.15, 0.2) is 23.2 Å². The molecule has 0 unspecified atom stereocenters. The summed E-state index contributed by atoms with van der Waals surface area (Å²) in [6.45, 7) is 5.38. The van der Waals surface area contributed by atoms with E-state index in [1.807, 2.05) is 6.07 Å². The van der Waals surface area contributed by atoms with Crippen LogP contribution in [0.4, 0.5) is 10.5 Å². The van der Waals surface area contributed by atoms with Gasteiger partial charge in [0.1, 0.15) is 11.4 Å². The molecule has 124 valence electrons. The van der Waals surface area contributed by atoms with Crippen molar-refractivity contribution < 1.29 is 19.1 Å². The van der Waals surface area contributed by atoms with Crippen molar-refractivity contribution in [3.8, 4) is 5.75 Å². The molecule has 0 saturated heterocycles. The third-order valence-electron chi connectivity index (χ3n) is 3.81. The lowest BCUT2D eigenvalue weighted by atomic mass is 9.72. The number of anilines is 1. The van der Waals surface area contributed by atoms with Gasteiger partial charge in [0, 0.05) is 0 Å². The fourth-order valence-electron chi connectivity index (χ4n) is 2.57. The molecule has 0 atom stereocenters. The maximum Gasteiger partial charge on any atom is 0.412 e. The number of methoxy groups -OCH3 is 1. The molecule has 1 aliphatic carbocycles. The number of nitrogens with zero attached hydrogens (tertiary/aromatic N) is 1. The van der Waals surface area contributed by atoms with Crippen LogP contribution in [0.25, 0.3) is 0 Å². The Kier molecular flexibility index (Phi) is 4.76. The molecule has 23 heavy (non-hydrogen) atoms. The van der Waals surface area contributed by atoms with E-state index in [1.54, 1.807) is 39.0 Å². The molecule has 6 nitrogen and oxygen atoms in total. The van der Waals surface area contributed by atoms with Gasteiger partial charge in [-0.2, -0.15) is 4.99 Å². The van der Waals surface area contributed by atoms with E-state index in [9.17, 15) is 9.59 Å². The molecule has 0 aromatic heterocycles. The van der Waals surface area contributed by atoms with Crippen molar-refractivity contribution in [2.24, 2.45) is 4.99 Å². The minimum atomic E-state index is -0.591. The highest BCUT2D eigenvalue weighted by Crippen LogP contribution is 2.46. The molecular formula is C17H22N2O4.